The summed E-state index contributed by atoms with van der Waals surface area (Å²) in [5.74, 6) is -0.526. The number of amides is 1. The average Bonchev–Trinajstić information content (AvgIpc) is 2.92. The first kappa shape index (κ1) is 14.4. The van der Waals surface area contributed by atoms with E-state index in [-0.39, 0.29) is 17.5 Å². The Bertz CT molecular complexity index is 794. The smallest absolute Gasteiger partial charge is 0.253 e. The van der Waals surface area contributed by atoms with Crippen molar-refractivity contribution in [2.75, 3.05) is 6.54 Å². The second-order valence-electron chi connectivity index (χ2n) is 5.63. The number of fused-ring (bicyclic) bond motifs is 1. The molecule has 2 aromatic rings. The second-order valence-corrected chi connectivity index (χ2v) is 5.63. The van der Waals surface area contributed by atoms with Crippen LogP contribution in [0.1, 0.15) is 51.7 Å². The number of halogens is 1. The van der Waals surface area contributed by atoms with Crippen LogP contribution in [0.4, 0.5) is 4.39 Å². The maximum absolute atomic E-state index is 13.7. The number of hydrogen-bond acceptors (Lipinski definition) is 3. The van der Waals surface area contributed by atoms with Crippen molar-refractivity contribution in [3.63, 3.8) is 0 Å². The topological polar surface area (TPSA) is 70.7 Å². The minimum Gasteiger partial charge on any atom is -0.357 e. The maximum Gasteiger partial charge on any atom is 0.253 e. The van der Waals surface area contributed by atoms with Crippen LogP contribution in [0.2, 0.25) is 0 Å². The quantitative estimate of drug-likeness (QED) is 0.895. The van der Waals surface area contributed by atoms with Crippen LogP contribution in [-0.2, 0) is 0 Å². The molecule has 2 aromatic heterocycles. The summed E-state index contributed by atoms with van der Waals surface area (Å²) >= 11 is 0. The molecule has 0 saturated carbocycles. The standard InChI is InChI=1S/C16H17FN4O/c1-7-6-18-16(22)11-5-12(20-13(7)11)8(2)14-9(3)19-10(4)15(17)21-14/h5,7,20H,2,6H2,1,3-4H3,(H,18,22)/t7-/m0/s1. The highest BCUT2D eigenvalue weighted by Crippen LogP contribution is 2.29. The number of carbonyl (C=O) groups is 1. The lowest BCUT2D eigenvalue weighted by Gasteiger charge is -2.18. The Morgan fingerprint density at radius 1 is 1.36 bits per heavy atom. The fraction of sp³-hybridized carbons (Fsp3) is 0.312. The Hall–Kier alpha value is -2.50. The number of aromatic amines is 1. The van der Waals surface area contributed by atoms with Gasteiger partial charge < -0.3 is 10.3 Å². The largest absolute Gasteiger partial charge is 0.357 e. The zero-order chi connectivity index (χ0) is 16.0. The summed E-state index contributed by atoms with van der Waals surface area (Å²) in [6.07, 6.45) is 0. The Morgan fingerprint density at radius 2 is 2.09 bits per heavy atom. The lowest BCUT2D eigenvalue weighted by molar-refractivity contribution is 0.0941. The molecule has 0 bridgehead atoms. The van der Waals surface area contributed by atoms with Gasteiger partial charge in [0, 0.05) is 29.4 Å². The minimum atomic E-state index is -0.607. The van der Waals surface area contributed by atoms with Gasteiger partial charge in [-0.25, -0.2) is 4.98 Å². The van der Waals surface area contributed by atoms with Gasteiger partial charge in [-0.1, -0.05) is 13.5 Å². The molecule has 0 unspecified atom stereocenters. The molecule has 1 aliphatic heterocycles. The maximum atomic E-state index is 13.7. The average molecular weight is 300 g/mol. The van der Waals surface area contributed by atoms with E-state index < -0.39 is 5.95 Å². The van der Waals surface area contributed by atoms with Crippen molar-refractivity contribution in [2.24, 2.45) is 0 Å². The number of carbonyl (C=O) groups excluding carboxylic acids is 1. The Kier molecular flexibility index (Phi) is 3.31. The van der Waals surface area contributed by atoms with Crippen LogP contribution in [0.3, 0.4) is 0 Å². The molecule has 2 N–H and O–H groups in total. The van der Waals surface area contributed by atoms with Gasteiger partial charge in [-0.3, -0.25) is 9.78 Å². The van der Waals surface area contributed by atoms with E-state index >= 15 is 0 Å². The molecule has 1 atom stereocenters. The van der Waals surface area contributed by atoms with Crippen LogP contribution >= 0.6 is 0 Å². The number of nitrogens with zero attached hydrogens (tertiary/aromatic N) is 2. The van der Waals surface area contributed by atoms with Crippen molar-refractivity contribution in [3.05, 3.63) is 52.6 Å². The normalized spacial score (nSPS) is 17.1. The van der Waals surface area contributed by atoms with Crippen molar-refractivity contribution in [3.8, 4) is 0 Å². The van der Waals surface area contributed by atoms with E-state index in [9.17, 15) is 9.18 Å². The molecule has 22 heavy (non-hydrogen) atoms. The lowest BCUT2D eigenvalue weighted by atomic mass is 9.99. The predicted octanol–water partition coefficient (Wildman–Crippen LogP) is 2.47. The summed E-state index contributed by atoms with van der Waals surface area (Å²) in [6.45, 7) is 9.94. The van der Waals surface area contributed by atoms with Crippen LogP contribution < -0.4 is 5.32 Å². The molecule has 0 aliphatic carbocycles. The molecule has 1 aliphatic rings. The number of aromatic nitrogens is 3. The van der Waals surface area contributed by atoms with Crippen molar-refractivity contribution in [1.82, 2.24) is 20.3 Å². The second kappa shape index (κ2) is 5.05. The predicted molar refractivity (Wildman–Crippen MR) is 81.1 cm³/mol. The third kappa shape index (κ3) is 2.20. The van der Waals surface area contributed by atoms with E-state index in [0.717, 1.165) is 5.69 Å². The summed E-state index contributed by atoms with van der Waals surface area (Å²) in [7, 11) is 0. The van der Waals surface area contributed by atoms with Crippen molar-refractivity contribution >= 4 is 11.5 Å². The van der Waals surface area contributed by atoms with Gasteiger partial charge in [-0.05, 0) is 19.9 Å². The fourth-order valence-corrected chi connectivity index (χ4v) is 2.68. The first-order chi connectivity index (χ1) is 10.4. The summed E-state index contributed by atoms with van der Waals surface area (Å²) < 4.78 is 13.7. The summed E-state index contributed by atoms with van der Waals surface area (Å²) in [5.41, 5.74) is 3.93. The first-order valence-corrected chi connectivity index (χ1v) is 7.10. The zero-order valence-electron chi connectivity index (χ0n) is 12.7. The van der Waals surface area contributed by atoms with Gasteiger partial charge >= 0.3 is 0 Å². The number of aryl methyl sites for hydroxylation is 2. The van der Waals surface area contributed by atoms with Gasteiger partial charge in [0.15, 0.2) is 0 Å². The van der Waals surface area contributed by atoms with Crippen molar-refractivity contribution in [1.29, 1.82) is 0 Å². The first-order valence-electron chi connectivity index (χ1n) is 7.10. The molecule has 0 spiro atoms. The van der Waals surface area contributed by atoms with Crippen LogP contribution in [0, 0.1) is 19.8 Å². The van der Waals surface area contributed by atoms with Crippen LogP contribution in [0.5, 0.6) is 0 Å². The van der Waals surface area contributed by atoms with E-state index in [4.69, 9.17) is 0 Å². The molecule has 0 aromatic carbocycles. The van der Waals surface area contributed by atoms with Gasteiger partial charge in [0.25, 0.3) is 5.91 Å². The van der Waals surface area contributed by atoms with Gasteiger partial charge in [0.05, 0.1) is 22.6 Å². The third-order valence-corrected chi connectivity index (χ3v) is 3.95. The molecule has 114 valence electrons. The molecule has 0 radical (unpaired) electrons. The number of H-pyrrole nitrogens is 1. The molecule has 6 heteroatoms. The summed E-state index contributed by atoms with van der Waals surface area (Å²) in [5, 5.41) is 2.83. The van der Waals surface area contributed by atoms with Crippen LogP contribution in [-0.4, -0.2) is 27.4 Å². The Balaban J connectivity index is 2.05. The Labute approximate surface area is 127 Å². The SMILES string of the molecule is C=C(c1cc2c([nH]1)[C@@H](C)CNC2=O)c1nc(F)c(C)nc1C. The molecule has 0 saturated heterocycles. The van der Waals surface area contributed by atoms with Gasteiger partial charge in [0.1, 0.15) is 0 Å². The fourth-order valence-electron chi connectivity index (χ4n) is 2.68. The highest BCUT2D eigenvalue weighted by Gasteiger charge is 2.26. The molecule has 1 amide bonds. The van der Waals surface area contributed by atoms with E-state index in [0.29, 0.717) is 34.8 Å². The minimum absolute atomic E-state index is 0.110. The molecule has 3 rings (SSSR count). The zero-order valence-corrected chi connectivity index (χ0v) is 12.7. The number of nitrogens with one attached hydrogen (secondary N) is 2. The van der Waals surface area contributed by atoms with E-state index in [2.05, 4.69) is 26.8 Å². The molecular weight excluding hydrogens is 283 g/mol. The number of hydrogen-bond donors (Lipinski definition) is 2. The van der Waals surface area contributed by atoms with E-state index in [1.165, 1.54) is 0 Å². The summed E-state index contributed by atoms with van der Waals surface area (Å²) in [4.78, 5) is 23.2. The number of rotatable bonds is 2. The monoisotopic (exact) mass is 300 g/mol. The lowest BCUT2D eigenvalue weighted by Crippen LogP contribution is -2.33. The highest BCUT2D eigenvalue weighted by atomic mass is 19.1. The summed E-state index contributed by atoms with van der Waals surface area (Å²) in [6, 6.07) is 1.74. The van der Waals surface area contributed by atoms with E-state index in [1.807, 2.05) is 6.92 Å². The highest BCUT2D eigenvalue weighted by molar-refractivity contribution is 5.98. The molecule has 5 nitrogen and oxygen atoms in total. The van der Waals surface area contributed by atoms with Gasteiger partial charge in [-0.2, -0.15) is 4.39 Å². The van der Waals surface area contributed by atoms with Gasteiger partial charge in [-0.15, -0.1) is 0 Å². The van der Waals surface area contributed by atoms with Gasteiger partial charge in [0.2, 0.25) is 5.95 Å². The van der Waals surface area contributed by atoms with Crippen LogP contribution in [0.25, 0.3) is 5.57 Å². The Morgan fingerprint density at radius 3 is 2.77 bits per heavy atom. The van der Waals surface area contributed by atoms with Crippen molar-refractivity contribution < 1.29 is 9.18 Å². The van der Waals surface area contributed by atoms with E-state index in [1.54, 1.807) is 19.9 Å². The van der Waals surface area contributed by atoms with Crippen molar-refractivity contribution in [2.45, 2.75) is 26.7 Å². The molecule has 3 heterocycles. The van der Waals surface area contributed by atoms with Crippen LogP contribution in [0.15, 0.2) is 12.6 Å². The molecule has 0 fully saturated rings. The molecular formula is C16H17FN4O. The third-order valence-electron chi connectivity index (χ3n) is 3.95.